The van der Waals surface area contributed by atoms with Crippen LogP contribution >= 0.6 is 0 Å². The van der Waals surface area contributed by atoms with Gasteiger partial charge in [0.05, 0.1) is 5.41 Å². The Balaban J connectivity index is 2.43. The lowest BCUT2D eigenvalue weighted by atomic mass is 9.85. The average molecular weight is 226 g/mol. The SMILES string of the molecule is CCC(C)(C)C(=O)OC(C)C1CCCCC1. The largest absolute Gasteiger partial charge is 0.462 e. The van der Waals surface area contributed by atoms with E-state index in [1.165, 1.54) is 32.1 Å². The first-order chi connectivity index (χ1) is 7.47. The molecule has 0 aromatic carbocycles. The molecule has 1 aliphatic carbocycles. The predicted octanol–water partition coefficient (Wildman–Crippen LogP) is 3.93. The van der Waals surface area contributed by atoms with E-state index in [0.717, 1.165) is 6.42 Å². The highest BCUT2D eigenvalue weighted by Crippen LogP contribution is 2.30. The predicted molar refractivity (Wildman–Crippen MR) is 66.2 cm³/mol. The van der Waals surface area contributed by atoms with E-state index < -0.39 is 0 Å². The fraction of sp³-hybridized carbons (Fsp3) is 0.929. The second-order valence-electron chi connectivity index (χ2n) is 5.75. The van der Waals surface area contributed by atoms with Crippen LogP contribution in [0, 0.1) is 11.3 Å². The van der Waals surface area contributed by atoms with Crippen LogP contribution in [0.2, 0.25) is 0 Å². The number of esters is 1. The average Bonchev–Trinajstić information content (AvgIpc) is 2.30. The van der Waals surface area contributed by atoms with Crippen LogP contribution in [0.15, 0.2) is 0 Å². The van der Waals surface area contributed by atoms with Crippen molar-refractivity contribution in [2.24, 2.45) is 11.3 Å². The molecule has 0 saturated heterocycles. The summed E-state index contributed by atoms with van der Waals surface area (Å²) in [5, 5.41) is 0. The summed E-state index contributed by atoms with van der Waals surface area (Å²) >= 11 is 0. The third-order valence-electron chi connectivity index (χ3n) is 4.04. The first kappa shape index (κ1) is 13.5. The maximum Gasteiger partial charge on any atom is 0.311 e. The molecule has 1 atom stereocenters. The normalized spacial score (nSPS) is 20.5. The van der Waals surface area contributed by atoms with E-state index in [0.29, 0.717) is 5.92 Å². The summed E-state index contributed by atoms with van der Waals surface area (Å²) in [6, 6.07) is 0. The van der Waals surface area contributed by atoms with Crippen LogP contribution in [0.1, 0.15) is 66.2 Å². The van der Waals surface area contributed by atoms with E-state index >= 15 is 0 Å². The quantitative estimate of drug-likeness (QED) is 0.679. The molecule has 0 aromatic heterocycles. The monoisotopic (exact) mass is 226 g/mol. The Morgan fingerprint density at radius 3 is 2.38 bits per heavy atom. The number of rotatable bonds is 4. The number of carbonyl (C=O) groups excluding carboxylic acids is 1. The first-order valence-electron chi connectivity index (χ1n) is 6.68. The second kappa shape index (κ2) is 5.70. The smallest absolute Gasteiger partial charge is 0.311 e. The summed E-state index contributed by atoms with van der Waals surface area (Å²) in [5.74, 6) is 0.554. The summed E-state index contributed by atoms with van der Waals surface area (Å²) in [6.45, 7) is 8.01. The molecule has 1 unspecified atom stereocenters. The van der Waals surface area contributed by atoms with Crippen LogP contribution in [0.5, 0.6) is 0 Å². The third-order valence-corrected chi connectivity index (χ3v) is 4.04. The lowest BCUT2D eigenvalue weighted by Crippen LogP contribution is -2.33. The third kappa shape index (κ3) is 3.50. The standard InChI is InChI=1S/C14H26O2/c1-5-14(3,4)13(15)16-11(2)12-9-7-6-8-10-12/h11-12H,5-10H2,1-4H3. The summed E-state index contributed by atoms with van der Waals surface area (Å²) < 4.78 is 5.61. The van der Waals surface area contributed by atoms with Gasteiger partial charge in [0, 0.05) is 0 Å². The van der Waals surface area contributed by atoms with Gasteiger partial charge in [-0.2, -0.15) is 0 Å². The fourth-order valence-electron chi connectivity index (χ4n) is 2.17. The lowest BCUT2D eigenvalue weighted by Gasteiger charge is -2.30. The molecule has 0 aliphatic heterocycles. The Hall–Kier alpha value is -0.530. The van der Waals surface area contributed by atoms with Crippen LogP contribution in [0.3, 0.4) is 0 Å². The molecule has 2 nitrogen and oxygen atoms in total. The maximum atomic E-state index is 11.9. The highest BCUT2D eigenvalue weighted by Gasteiger charge is 2.31. The van der Waals surface area contributed by atoms with Gasteiger partial charge in [0.25, 0.3) is 0 Å². The van der Waals surface area contributed by atoms with Crippen molar-refractivity contribution in [2.75, 3.05) is 0 Å². The molecular formula is C14H26O2. The zero-order valence-electron chi connectivity index (χ0n) is 11.2. The molecule has 0 heterocycles. The minimum atomic E-state index is -0.330. The van der Waals surface area contributed by atoms with Crippen molar-refractivity contribution < 1.29 is 9.53 Å². The van der Waals surface area contributed by atoms with E-state index in [-0.39, 0.29) is 17.5 Å². The van der Waals surface area contributed by atoms with Crippen molar-refractivity contribution in [1.82, 2.24) is 0 Å². The van der Waals surface area contributed by atoms with E-state index in [9.17, 15) is 4.79 Å². The summed E-state index contributed by atoms with van der Waals surface area (Å²) in [6.07, 6.45) is 7.31. The van der Waals surface area contributed by atoms with Crippen LogP contribution < -0.4 is 0 Å². The molecule has 94 valence electrons. The molecule has 1 rings (SSSR count). The zero-order valence-corrected chi connectivity index (χ0v) is 11.2. The van der Waals surface area contributed by atoms with Crippen molar-refractivity contribution >= 4 is 5.97 Å². The fourth-order valence-corrected chi connectivity index (χ4v) is 2.17. The number of carbonyl (C=O) groups is 1. The molecular weight excluding hydrogens is 200 g/mol. The van der Waals surface area contributed by atoms with E-state index in [1.54, 1.807) is 0 Å². The van der Waals surface area contributed by atoms with Gasteiger partial charge in [0.15, 0.2) is 0 Å². The zero-order chi connectivity index (χ0) is 12.2. The van der Waals surface area contributed by atoms with Gasteiger partial charge in [0.2, 0.25) is 0 Å². The molecule has 1 aliphatic rings. The number of hydrogen-bond acceptors (Lipinski definition) is 2. The summed E-state index contributed by atoms with van der Waals surface area (Å²) in [7, 11) is 0. The minimum absolute atomic E-state index is 0.0342. The second-order valence-corrected chi connectivity index (χ2v) is 5.75. The van der Waals surface area contributed by atoms with Gasteiger partial charge in [-0.05, 0) is 46.0 Å². The lowest BCUT2D eigenvalue weighted by molar-refractivity contribution is -0.162. The molecule has 2 heteroatoms. The van der Waals surface area contributed by atoms with Crippen molar-refractivity contribution in [2.45, 2.75) is 72.3 Å². The summed E-state index contributed by atoms with van der Waals surface area (Å²) in [4.78, 5) is 11.9. The van der Waals surface area contributed by atoms with E-state index in [1.807, 2.05) is 20.8 Å². The first-order valence-corrected chi connectivity index (χ1v) is 6.68. The van der Waals surface area contributed by atoms with Gasteiger partial charge in [0.1, 0.15) is 6.10 Å². The minimum Gasteiger partial charge on any atom is -0.462 e. The molecule has 0 aromatic rings. The Bertz CT molecular complexity index is 227. The van der Waals surface area contributed by atoms with Crippen molar-refractivity contribution in [1.29, 1.82) is 0 Å². The topological polar surface area (TPSA) is 26.3 Å². The van der Waals surface area contributed by atoms with Crippen LogP contribution in [0.4, 0.5) is 0 Å². The molecule has 0 N–H and O–H groups in total. The number of ether oxygens (including phenoxy) is 1. The Labute approximate surface area is 99.8 Å². The Morgan fingerprint density at radius 2 is 1.88 bits per heavy atom. The molecule has 16 heavy (non-hydrogen) atoms. The van der Waals surface area contributed by atoms with Crippen molar-refractivity contribution in [3.8, 4) is 0 Å². The van der Waals surface area contributed by atoms with E-state index in [4.69, 9.17) is 4.74 Å². The molecule has 1 fully saturated rings. The number of hydrogen-bond donors (Lipinski definition) is 0. The highest BCUT2D eigenvalue weighted by atomic mass is 16.5. The Morgan fingerprint density at radius 1 is 1.31 bits per heavy atom. The van der Waals surface area contributed by atoms with Crippen LogP contribution in [-0.4, -0.2) is 12.1 Å². The van der Waals surface area contributed by atoms with Gasteiger partial charge in [-0.1, -0.05) is 26.2 Å². The molecule has 0 bridgehead atoms. The summed E-state index contributed by atoms with van der Waals surface area (Å²) in [5.41, 5.74) is -0.330. The van der Waals surface area contributed by atoms with Crippen LogP contribution in [-0.2, 0) is 9.53 Å². The van der Waals surface area contributed by atoms with Gasteiger partial charge in [-0.15, -0.1) is 0 Å². The highest BCUT2D eigenvalue weighted by molar-refractivity contribution is 5.75. The molecule has 1 saturated carbocycles. The van der Waals surface area contributed by atoms with Crippen molar-refractivity contribution in [3.05, 3.63) is 0 Å². The molecule has 0 amide bonds. The van der Waals surface area contributed by atoms with Crippen LogP contribution in [0.25, 0.3) is 0 Å². The van der Waals surface area contributed by atoms with E-state index in [2.05, 4.69) is 6.92 Å². The maximum absolute atomic E-state index is 11.9. The Kier molecular flexibility index (Phi) is 4.82. The van der Waals surface area contributed by atoms with Gasteiger partial charge < -0.3 is 4.74 Å². The molecule has 0 radical (unpaired) electrons. The molecule has 0 spiro atoms. The van der Waals surface area contributed by atoms with Gasteiger partial charge >= 0.3 is 5.97 Å². The van der Waals surface area contributed by atoms with Gasteiger partial charge in [-0.3, -0.25) is 4.79 Å². The van der Waals surface area contributed by atoms with Crippen molar-refractivity contribution in [3.63, 3.8) is 0 Å². The van der Waals surface area contributed by atoms with Gasteiger partial charge in [-0.25, -0.2) is 0 Å².